The number of aromatic nitrogens is 3. The molecule has 3 aromatic heterocycles. The summed E-state index contributed by atoms with van der Waals surface area (Å²) < 4.78 is 22.2. The number of rotatable bonds is 5. The number of nitrogens with one attached hydrogen (secondary N) is 1. The molecule has 1 amide bonds. The van der Waals surface area contributed by atoms with Gasteiger partial charge >= 0.3 is 0 Å². The monoisotopic (exact) mass is 487 g/mol. The van der Waals surface area contributed by atoms with Crippen LogP contribution in [0.3, 0.4) is 0 Å². The van der Waals surface area contributed by atoms with Gasteiger partial charge in [-0.1, -0.05) is 6.07 Å². The maximum absolute atomic E-state index is 16.1. The number of nitrogens with zero attached hydrogens (tertiary/aromatic N) is 4. The molecular weight excluding hydrogens is 457 g/mol. The number of amides is 1. The van der Waals surface area contributed by atoms with E-state index in [2.05, 4.69) is 34.0 Å². The van der Waals surface area contributed by atoms with Crippen molar-refractivity contribution in [3.63, 3.8) is 0 Å². The second kappa shape index (κ2) is 8.62. The van der Waals surface area contributed by atoms with Crippen LogP contribution >= 0.6 is 0 Å². The fourth-order valence-corrected chi connectivity index (χ4v) is 5.12. The Balaban J connectivity index is 1.38. The molecule has 2 fully saturated rings. The molecule has 1 aliphatic carbocycles. The number of anilines is 1. The predicted molar refractivity (Wildman–Crippen MR) is 137 cm³/mol. The van der Waals surface area contributed by atoms with Crippen LogP contribution in [0.2, 0.25) is 0 Å². The van der Waals surface area contributed by atoms with Crippen LogP contribution in [0.1, 0.15) is 50.8 Å². The zero-order valence-corrected chi connectivity index (χ0v) is 20.8. The summed E-state index contributed by atoms with van der Waals surface area (Å²) in [6, 6.07) is 7.60. The van der Waals surface area contributed by atoms with Gasteiger partial charge < -0.3 is 9.73 Å². The van der Waals surface area contributed by atoms with E-state index in [9.17, 15) is 4.79 Å². The Hall–Kier alpha value is -3.39. The standard InChI is InChI=1S/C28H30FN5O2/c1-16(2)34-10-4-9-28(29,15-34)19-7-8-24-23(11-19)32-27(36-24)22-14-30-17(3)21-13-31-25(12-20(21)22)33-26(35)18-5-6-18/h7-8,11-14,16,18H,4-6,9-10,15H2,1-3H3,(H,31,33,35). The molecule has 7 nitrogen and oxygen atoms in total. The number of hydrogen-bond donors (Lipinski definition) is 1. The number of piperidine rings is 1. The minimum atomic E-state index is -1.41. The maximum Gasteiger partial charge on any atom is 0.229 e. The van der Waals surface area contributed by atoms with Crippen LogP contribution in [-0.2, 0) is 10.5 Å². The Labute approximate surface area is 209 Å². The van der Waals surface area contributed by atoms with Crippen molar-refractivity contribution in [3.8, 4) is 11.5 Å². The van der Waals surface area contributed by atoms with E-state index in [0.717, 1.165) is 42.3 Å². The molecule has 1 N–H and O–H groups in total. The largest absolute Gasteiger partial charge is 0.436 e. The first-order valence-corrected chi connectivity index (χ1v) is 12.7. The number of pyridine rings is 2. The molecule has 1 aliphatic heterocycles. The lowest BCUT2D eigenvalue weighted by molar-refractivity contribution is -0.117. The summed E-state index contributed by atoms with van der Waals surface area (Å²) in [7, 11) is 0. The Kier molecular flexibility index (Phi) is 5.52. The normalized spacial score (nSPS) is 20.9. The zero-order valence-electron chi connectivity index (χ0n) is 20.8. The molecule has 2 aliphatic rings. The van der Waals surface area contributed by atoms with Crippen molar-refractivity contribution in [2.24, 2.45) is 5.92 Å². The SMILES string of the molecule is Cc1ncc(-c2nc3cc(C4(F)CCCN(C(C)C)C4)ccc3o2)c2cc(NC(=O)C3CC3)ncc12. The summed E-state index contributed by atoms with van der Waals surface area (Å²) in [6.07, 6.45) is 6.63. The molecule has 4 heterocycles. The molecule has 1 atom stereocenters. The Morgan fingerprint density at radius 3 is 2.81 bits per heavy atom. The summed E-state index contributed by atoms with van der Waals surface area (Å²) in [5, 5.41) is 4.62. The molecule has 8 heteroatoms. The smallest absolute Gasteiger partial charge is 0.229 e. The molecule has 4 aromatic rings. The third kappa shape index (κ3) is 4.13. The summed E-state index contributed by atoms with van der Waals surface area (Å²) in [5.74, 6) is 0.993. The van der Waals surface area contributed by atoms with Crippen molar-refractivity contribution >= 4 is 33.6 Å². The molecule has 6 rings (SSSR count). The third-order valence-electron chi connectivity index (χ3n) is 7.51. The van der Waals surface area contributed by atoms with Crippen molar-refractivity contribution in [3.05, 3.63) is 47.9 Å². The van der Waals surface area contributed by atoms with E-state index in [4.69, 9.17) is 9.40 Å². The van der Waals surface area contributed by atoms with Gasteiger partial charge in [0.15, 0.2) is 5.58 Å². The van der Waals surface area contributed by atoms with Gasteiger partial charge in [0, 0.05) is 47.4 Å². The number of alkyl halides is 1. The predicted octanol–water partition coefficient (Wildman–Crippen LogP) is 5.76. The first-order chi connectivity index (χ1) is 17.3. The Morgan fingerprint density at radius 1 is 1.19 bits per heavy atom. The molecule has 1 unspecified atom stereocenters. The molecule has 186 valence electrons. The Bertz CT molecular complexity index is 1480. The molecule has 0 spiro atoms. The lowest BCUT2D eigenvalue weighted by Gasteiger charge is -2.39. The average molecular weight is 488 g/mol. The van der Waals surface area contributed by atoms with Crippen molar-refractivity contribution in [2.75, 3.05) is 18.4 Å². The van der Waals surface area contributed by atoms with Gasteiger partial charge in [-0.25, -0.2) is 14.4 Å². The van der Waals surface area contributed by atoms with Gasteiger partial charge in [-0.15, -0.1) is 0 Å². The fraction of sp³-hybridized carbons (Fsp3) is 0.429. The van der Waals surface area contributed by atoms with Gasteiger partial charge in [-0.05, 0) is 76.8 Å². The van der Waals surface area contributed by atoms with Crippen LogP contribution in [0.5, 0.6) is 0 Å². The molecule has 0 bridgehead atoms. The molecule has 0 radical (unpaired) electrons. The van der Waals surface area contributed by atoms with Gasteiger partial charge in [-0.2, -0.15) is 0 Å². The van der Waals surface area contributed by atoms with E-state index in [1.807, 2.05) is 31.2 Å². The van der Waals surface area contributed by atoms with Crippen LogP contribution in [0.4, 0.5) is 10.2 Å². The van der Waals surface area contributed by atoms with Gasteiger partial charge in [0.2, 0.25) is 11.8 Å². The van der Waals surface area contributed by atoms with Gasteiger partial charge in [0.05, 0.1) is 5.56 Å². The molecular formula is C28H30FN5O2. The number of fused-ring (bicyclic) bond motifs is 2. The van der Waals surface area contributed by atoms with Crippen LogP contribution in [0, 0.1) is 12.8 Å². The fourth-order valence-electron chi connectivity index (χ4n) is 5.12. The van der Waals surface area contributed by atoms with E-state index in [-0.39, 0.29) is 11.8 Å². The molecule has 36 heavy (non-hydrogen) atoms. The summed E-state index contributed by atoms with van der Waals surface area (Å²) in [5.41, 5.74) is 1.97. The number of carbonyl (C=O) groups excluding carboxylic acids is 1. The number of halogens is 1. The van der Waals surface area contributed by atoms with E-state index in [1.165, 1.54) is 0 Å². The quantitative estimate of drug-likeness (QED) is 0.385. The van der Waals surface area contributed by atoms with Crippen molar-refractivity contribution in [1.29, 1.82) is 0 Å². The van der Waals surface area contributed by atoms with Gasteiger partial charge in [0.1, 0.15) is 17.0 Å². The second-order valence-corrected chi connectivity index (χ2v) is 10.5. The maximum atomic E-state index is 16.1. The average Bonchev–Trinajstić information content (AvgIpc) is 3.63. The first-order valence-electron chi connectivity index (χ1n) is 12.7. The highest BCUT2D eigenvalue weighted by atomic mass is 19.1. The van der Waals surface area contributed by atoms with E-state index >= 15 is 4.39 Å². The van der Waals surface area contributed by atoms with Crippen LogP contribution in [-0.4, -0.2) is 44.9 Å². The summed E-state index contributed by atoms with van der Waals surface area (Å²) in [4.78, 5) is 28.1. The number of hydrogen-bond acceptors (Lipinski definition) is 6. The van der Waals surface area contributed by atoms with E-state index in [0.29, 0.717) is 52.9 Å². The highest BCUT2D eigenvalue weighted by Crippen LogP contribution is 2.39. The number of carbonyl (C=O) groups is 1. The molecule has 1 saturated carbocycles. The van der Waals surface area contributed by atoms with Crippen LogP contribution in [0.15, 0.2) is 41.1 Å². The minimum Gasteiger partial charge on any atom is -0.436 e. The van der Waals surface area contributed by atoms with E-state index in [1.54, 1.807) is 12.4 Å². The second-order valence-electron chi connectivity index (χ2n) is 10.5. The lowest BCUT2D eigenvalue weighted by atomic mass is 9.87. The topological polar surface area (TPSA) is 84.2 Å². The lowest BCUT2D eigenvalue weighted by Crippen LogP contribution is -2.46. The van der Waals surface area contributed by atoms with Crippen LogP contribution in [0.25, 0.3) is 33.3 Å². The number of oxazole rings is 1. The van der Waals surface area contributed by atoms with Gasteiger partial charge in [0.25, 0.3) is 0 Å². The molecule has 1 saturated heterocycles. The van der Waals surface area contributed by atoms with Gasteiger partial charge in [-0.3, -0.25) is 14.7 Å². The summed E-state index contributed by atoms with van der Waals surface area (Å²) in [6.45, 7) is 7.44. The van der Waals surface area contributed by atoms with Crippen molar-refractivity contribution < 1.29 is 13.6 Å². The van der Waals surface area contributed by atoms with Crippen molar-refractivity contribution in [2.45, 2.75) is 58.2 Å². The minimum absolute atomic E-state index is 0.00228. The molecule has 1 aromatic carbocycles. The first kappa shape index (κ1) is 23.0. The van der Waals surface area contributed by atoms with Crippen LogP contribution < -0.4 is 5.32 Å². The summed E-state index contributed by atoms with van der Waals surface area (Å²) >= 11 is 0. The van der Waals surface area contributed by atoms with Crippen molar-refractivity contribution in [1.82, 2.24) is 19.9 Å². The Morgan fingerprint density at radius 2 is 2.03 bits per heavy atom. The number of likely N-dealkylation sites (tertiary alicyclic amines) is 1. The zero-order chi connectivity index (χ0) is 25.0. The highest BCUT2D eigenvalue weighted by Gasteiger charge is 2.38. The van der Waals surface area contributed by atoms with E-state index < -0.39 is 5.67 Å². The third-order valence-corrected chi connectivity index (χ3v) is 7.51. The number of benzene rings is 1. The highest BCUT2D eigenvalue weighted by molar-refractivity contribution is 6.00. The number of aryl methyl sites for hydroxylation is 1.